The summed E-state index contributed by atoms with van der Waals surface area (Å²) in [7, 11) is 1.46. The van der Waals surface area contributed by atoms with E-state index in [4.69, 9.17) is 26.2 Å². The zero-order valence-electron chi connectivity index (χ0n) is 11.8. The Morgan fingerprint density at radius 3 is 2.82 bits per heavy atom. The van der Waals surface area contributed by atoms with Crippen molar-refractivity contribution in [2.24, 2.45) is 0 Å². The molecule has 1 aromatic carbocycles. The van der Waals surface area contributed by atoms with Crippen molar-refractivity contribution in [3.63, 3.8) is 0 Å². The Labute approximate surface area is 131 Å². The van der Waals surface area contributed by atoms with Gasteiger partial charge >= 0.3 is 5.97 Å². The molecule has 1 fully saturated rings. The molecule has 1 saturated heterocycles. The van der Waals surface area contributed by atoms with Gasteiger partial charge in [0.2, 0.25) is 0 Å². The van der Waals surface area contributed by atoms with Crippen LogP contribution in [-0.2, 0) is 14.3 Å². The average molecular weight is 332 g/mol. The lowest BCUT2D eigenvalue weighted by molar-refractivity contribution is -0.148. The molecule has 2 unspecified atom stereocenters. The summed E-state index contributed by atoms with van der Waals surface area (Å²) in [6.07, 6.45) is -0.0889. The number of likely N-dealkylation sites (tertiary alicyclic amines) is 1. The van der Waals surface area contributed by atoms with E-state index in [0.717, 1.165) is 12.1 Å². The third-order valence-corrected chi connectivity index (χ3v) is 3.74. The van der Waals surface area contributed by atoms with Crippen LogP contribution in [0.1, 0.15) is 6.42 Å². The maximum absolute atomic E-state index is 12.9. The molecule has 1 aliphatic rings. The molecule has 8 heteroatoms. The predicted molar refractivity (Wildman–Crippen MR) is 75.5 cm³/mol. The van der Waals surface area contributed by atoms with Crippen molar-refractivity contribution in [1.29, 1.82) is 0 Å². The van der Waals surface area contributed by atoms with Gasteiger partial charge in [0, 0.05) is 20.1 Å². The van der Waals surface area contributed by atoms with Crippen LogP contribution >= 0.6 is 11.6 Å². The SMILES string of the molecule is COC1CC(C(=O)O)N(C(=O)COc2ccc(F)cc2Cl)C1. The minimum atomic E-state index is -1.09. The number of methoxy groups -OCH3 is 1. The number of nitrogens with zero attached hydrogens (tertiary/aromatic N) is 1. The predicted octanol–water partition coefficient (Wildman–Crippen LogP) is 1.56. The number of carbonyl (C=O) groups excluding carboxylic acids is 1. The summed E-state index contributed by atoms with van der Waals surface area (Å²) in [6, 6.07) is 2.59. The lowest BCUT2D eigenvalue weighted by Crippen LogP contribution is -2.43. The van der Waals surface area contributed by atoms with Crippen molar-refractivity contribution in [2.75, 3.05) is 20.3 Å². The van der Waals surface area contributed by atoms with E-state index in [9.17, 15) is 14.0 Å². The zero-order valence-corrected chi connectivity index (χ0v) is 12.5. The normalized spacial score (nSPS) is 21.0. The molecule has 22 heavy (non-hydrogen) atoms. The van der Waals surface area contributed by atoms with Crippen LogP contribution in [-0.4, -0.2) is 54.3 Å². The summed E-state index contributed by atoms with van der Waals surface area (Å²) in [4.78, 5) is 24.5. The smallest absolute Gasteiger partial charge is 0.326 e. The molecule has 2 rings (SSSR count). The van der Waals surface area contributed by atoms with Crippen LogP contribution in [0.25, 0.3) is 0 Å². The van der Waals surface area contributed by atoms with Gasteiger partial charge in [0.25, 0.3) is 5.91 Å². The fraction of sp³-hybridized carbons (Fsp3) is 0.429. The van der Waals surface area contributed by atoms with Gasteiger partial charge in [0.15, 0.2) is 6.61 Å². The molecule has 0 radical (unpaired) electrons. The standard InChI is InChI=1S/C14H15ClFNO5/c1-21-9-5-11(14(19)20)17(6-9)13(18)7-22-12-3-2-8(16)4-10(12)15/h2-4,9,11H,5-7H2,1H3,(H,19,20). The summed E-state index contributed by atoms with van der Waals surface area (Å²) in [5.74, 6) is -1.94. The number of benzene rings is 1. The number of carbonyl (C=O) groups is 2. The van der Waals surface area contributed by atoms with E-state index in [0.29, 0.717) is 0 Å². The molecule has 0 aliphatic carbocycles. The summed E-state index contributed by atoms with van der Waals surface area (Å²) in [5, 5.41) is 9.19. The highest BCUT2D eigenvalue weighted by atomic mass is 35.5. The average Bonchev–Trinajstić information content (AvgIpc) is 2.90. The van der Waals surface area contributed by atoms with Crippen molar-refractivity contribution in [2.45, 2.75) is 18.6 Å². The molecule has 2 atom stereocenters. The number of amides is 1. The molecule has 6 nitrogen and oxygen atoms in total. The maximum Gasteiger partial charge on any atom is 0.326 e. The van der Waals surface area contributed by atoms with Crippen LogP contribution in [0.3, 0.4) is 0 Å². The van der Waals surface area contributed by atoms with Crippen LogP contribution in [0, 0.1) is 5.82 Å². The molecule has 1 aliphatic heterocycles. The molecule has 0 spiro atoms. The molecule has 1 amide bonds. The first-order chi connectivity index (χ1) is 10.4. The van der Waals surface area contributed by atoms with Gasteiger partial charge in [-0.3, -0.25) is 4.79 Å². The first kappa shape index (κ1) is 16.5. The summed E-state index contributed by atoms with van der Waals surface area (Å²) in [6.45, 7) is -0.196. The van der Waals surface area contributed by atoms with Gasteiger partial charge in [-0.2, -0.15) is 0 Å². The molecular formula is C14H15ClFNO5. The van der Waals surface area contributed by atoms with Crippen molar-refractivity contribution in [1.82, 2.24) is 4.90 Å². The number of carboxylic acid groups (broad SMARTS) is 1. The first-order valence-electron chi connectivity index (χ1n) is 6.55. The molecule has 1 N–H and O–H groups in total. The third-order valence-electron chi connectivity index (χ3n) is 3.45. The van der Waals surface area contributed by atoms with Crippen molar-refractivity contribution in [3.8, 4) is 5.75 Å². The van der Waals surface area contributed by atoms with E-state index >= 15 is 0 Å². The number of aliphatic carboxylic acids is 1. The van der Waals surface area contributed by atoms with E-state index < -0.39 is 23.7 Å². The van der Waals surface area contributed by atoms with Gasteiger partial charge in [-0.25, -0.2) is 9.18 Å². The Kier molecular flexibility index (Phi) is 5.20. The van der Waals surface area contributed by atoms with Crippen LogP contribution in [0.4, 0.5) is 4.39 Å². The Morgan fingerprint density at radius 2 is 2.23 bits per heavy atom. The monoisotopic (exact) mass is 331 g/mol. The highest BCUT2D eigenvalue weighted by Crippen LogP contribution is 2.25. The minimum absolute atomic E-state index is 0.0405. The Hall–Kier alpha value is -1.86. The number of hydrogen-bond donors (Lipinski definition) is 1. The van der Waals surface area contributed by atoms with E-state index in [1.54, 1.807) is 0 Å². The number of hydrogen-bond acceptors (Lipinski definition) is 4. The number of halogens is 2. The first-order valence-corrected chi connectivity index (χ1v) is 6.93. The van der Waals surface area contributed by atoms with Crippen molar-refractivity contribution >= 4 is 23.5 Å². The van der Waals surface area contributed by atoms with Gasteiger partial charge in [-0.1, -0.05) is 11.6 Å². The van der Waals surface area contributed by atoms with E-state index in [1.165, 1.54) is 18.1 Å². The second-order valence-electron chi connectivity index (χ2n) is 4.86. The van der Waals surface area contributed by atoms with Crippen molar-refractivity contribution < 1.29 is 28.6 Å². The number of carboxylic acids is 1. The van der Waals surface area contributed by atoms with Gasteiger partial charge < -0.3 is 19.5 Å². The summed E-state index contributed by atoms with van der Waals surface area (Å²) < 4.78 is 23.3. The highest BCUT2D eigenvalue weighted by Gasteiger charge is 2.39. The van der Waals surface area contributed by atoms with E-state index in [-0.39, 0.29) is 36.4 Å². The minimum Gasteiger partial charge on any atom is -0.482 e. The lowest BCUT2D eigenvalue weighted by Gasteiger charge is -2.21. The Bertz CT molecular complexity index is 582. The van der Waals surface area contributed by atoms with E-state index in [2.05, 4.69) is 0 Å². The number of ether oxygens (including phenoxy) is 2. The van der Waals surface area contributed by atoms with Crippen LogP contribution < -0.4 is 4.74 Å². The fourth-order valence-corrected chi connectivity index (χ4v) is 2.51. The summed E-state index contributed by atoms with van der Waals surface area (Å²) in [5.41, 5.74) is 0. The molecule has 0 aromatic heterocycles. The molecule has 0 saturated carbocycles. The highest BCUT2D eigenvalue weighted by molar-refractivity contribution is 6.32. The molecular weight excluding hydrogens is 317 g/mol. The molecule has 120 valence electrons. The van der Waals surface area contributed by atoms with Crippen molar-refractivity contribution in [3.05, 3.63) is 29.0 Å². The largest absolute Gasteiger partial charge is 0.482 e. The van der Waals surface area contributed by atoms with E-state index in [1.807, 2.05) is 0 Å². The molecule has 0 bridgehead atoms. The fourth-order valence-electron chi connectivity index (χ4n) is 2.29. The third kappa shape index (κ3) is 3.66. The van der Waals surface area contributed by atoms with Gasteiger partial charge in [-0.15, -0.1) is 0 Å². The Balaban J connectivity index is 2.00. The Morgan fingerprint density at radius 1 is 1.50 bits per heavy atom. The molecule has 1 aromatic rings. The topological polar surface area (TPSA) is 76.1 Å². The van der Waals surface area contributed by atoms with Crippen LogP contribution in [0.5, 0.6) is 5.75 Å². The summed E-state index contributed by atoms with van der Waals surface area (Å²) >= 11 is 5.79. The maximum atomic E-state index is 12.9. The van der Waals surface area contributed by atoms with Crippen LogP contribution in [0.2, 0.25) is 5.02 Å². The van der Waals surface area contributed by atoms with Gasteiger partial charge in [0.1, 0.15) is 17.6 Å². The zero-order chi connectivity index (χ0) is 16.3. The quantitative estimate of drug-likeness (QED) is 0.886. The van der Waals surface area contributed by atoms with Gasteiger partial charge in [-0.05, 0) is 18.2 Å². The lowest BCUT2D eigenvalue weighted by atomic mass is 10.2. The second kappa shape index (κ2) is 6.93. The number of rotatable bonds is 5. The van der Waals surface area contributed by atoms with Crippen LogP contribution in [0.15, 0.2) is 18.2 Å². The molecule has 1 heterocycles. The second-order valence-corrected chi connectivity index (χ2v) is 5.26. The van der Waals surface area contributed by atoms with Gasteiger partial charge in [0.05, 0.1) is 11.1 Å².